The molecule has 1 rings (SSSR count). The van der Waals surface area contributed by atoms with Gasteiger partial charge in [0.25, 0.3) is 0 Å². The molecule has 30 heavy (non-hydrogen) atoms. The number of nitrogens with one attached hydrogen (secondary N) is 2. The maximum Gasteiger partial charge on any atom is 0.326 e. The lowest BCUT2D eigenvalue weighted by Gasteiger charge is -2.30. The molecule has 0 bridgehead atoms. The maximum atomic E-state index is 13.2. The number of amides is 2. The lowest BCUT2D eigenvalue weighted by molar-refractivity contribution is -0.143. The summed E-state index contributed by atoms with van der Waals surface area (Å²) in [5, 5.41) is 21.5. The quantitative estimate of drug-likeness (QED) is 0.417. The number of carbonyl (C=O) groups is 4. The predicted molar refractivity (Wildman–Crippen MR) is 112 cm³/mol. The average Bonchev–Trinajstić information content (AvgIpc) is 2.70. The van der Waals surface area contributed by atoms with Crippen molar-refractivity contribution in [3.8, 4) is 0 Å². The van der Waals surface area contributed by atoms with E-state index in [-0.39, 0.29) is 6.42 Å². The zero-order valence-electron chi connectivity index (χ0n) is 18.5. The van der Waals surface area contributed by atoms with E-state index in [1.807, 2.05) is 0 Å². The molecular weight excluding hydrogens is 412 g/mol. The second-order valence-electron chi connectivity index (χ2n) is 7.73. The molecule has 0 aliphatic rings. The highest BCUT2D eigenvalue weighted by Gasteiger charge is 2.35. The summed E-state index contributed by atoms with van der Waals surface area (Å²) in [5.74, 6) is -4.49. The third kappa shape index (κ3) is 7.02. The van der Waals surface area contributed by atoms with E-state index in [0.29, 0.717) is 22.3 Å². The Bertz CT molecular complexity index is 815. The number of hydrogen-bond donors (Lipinski definition) is 4. The molecule has 0 aliphatic carbocycles. The van der Waals surface area contributed by atoms with Crippen molar-refractivity contribution in [2.75, 3.05) is 0 Å². The maximum absolute atomic E-state index is 13.2. The number of aliphatic carboxylic acids is 2. The van der Waals surface area contributed by atoms with Crippen LogP contribution in [0.2, 0.25) is 6.43 Å². The Labute approximate surface area is 182 Å². The van der Waals surface area contributed by atoms with Gasteiger partial charge in [-0.05, 0) is 43.9 Å². The van der Waals surface area contributed by atoms with E-state index in [9.17, 15) is 24.3 Å². The Morgan fingerprint density at radius 2 is 1.73 bits per heavy atom. The first-order valence-electron chi connectivity index (χ1n) is 10.1. The van der Waals surface area contributed by atoms with Crippen molar-refractivity contribution in [3.63, 3.8) is 0 Å². The van der Waals surface area contributed by atoms with Crippen LogP contribution in [0.1, 0.15) is 52.5 Å². The van der Waals surface area contributed by atoms with Crippen LogP contribution in [0.5, 0.6) is 0 Å². The van der Waals surface area contributed by atoms with Crippen molar-refractivity contribution in [2.24, 2.45) is 5.92 Å². The summed E-state index contributed by atoms with van der Waals surface area (Å²) in [5.41, 5.74) is -0.541. The Morgan fingerprint density at radius 3 is 2.20 bits per heavy atom. The number of carboxylic acids is 2. The first-order valence-corrected chi connectivity index (χ1v) is 10.0. The molecule has 0 saturated heterocycles. The molecule has 1 aromatic carbocycles. The van der Waals surface area contributed by atoms with Crippen LogP contribution in [0.4, 0.5) is 0 Å². The Kier molecular flexibility index (Phi) is 8.65. The fraction of sp³-hybridized carbons (Fsp3) is 0.524. The summed E-state index contributed by atoms with van der Waals surface area (Å²) < 4.78 is 8.42. The highest BCUT2D eigenvalue weighted by atomic mass is 35.5. The van der Waals surface area contributed by atoms with Crippen molar-refractivity contribution < 1.29 is 30.8 Å². The van der Waals surface area contributed by atoms with Crippen LogP contribution >= 0.6 is 11.6 Å². The molecule has 2 amide bonds. The van der Waals surface area contributed by atoms with Crippen LogP contribution in [0.15, 0.2) is 24.3 Å². The van der Waals surface area contributed by atoms with E-state index in [1.165, 1.54) is 0 Å². The number of rotatable bonds is 11. The van der Waals surface area contributed by atoms with Gasteiger partial charge < -0.3 is 20.8 Å². The van der Waals surface area contributed by atoms with Crippen LogP contribution in [0.3, 0.4) is 0 Å². The second kappa shape index (κ2) is 11.0. The lowest BCUT2D eigenvalue weighted by Crippen LogP contribution is -2.56. The van der Waals surface area contributed by atoms with Crippen molar-refractivity contribution >= 4 is 35.4 Å². The van der Waals surface area contributed by atoms with Gasteiger partial charge >= 0.3 is 11.9 Å². The monoisotopic (exact) mass is 441 g/mol. The smallest absolute Gasteiger partial charge is 0.326 e. The fourth-order valence-corrected chi connectivity index (χ4v) is 2.85. The highest BCUT2D eigenvalue weighted by Crippen LogP contribution is 2.25. The Morgan fingerprint density at radius 1 is 1.17 bits per heavy atom. The van der Waals surface area contributed by atoms with Gasteiger partial charge in [0.1, 0.15) is 12.1 Å². The highest BCUT2D eigenvalue weighted by molar-refractivity contribution is 6.30. The van der Waals surface area contributed by atoms with E-state index >= 15 is 0 Å². The molecule has 1 aromatic rings. The van der Waals surface area contributed by atoms with Crippen molar-refractivity contribution in [1.29, 1.82) is 0 Å². The molecule has 4 N–H and O–H groups in total. The molecule has 3 atom stereocenters. The molecule has 8 nitrogen and oxygen atoms in total. The molecule has 0 saturated carbocycles. The van der Waals surface area contributed by atoms with Gasteiger partial charge in [0, 0.05) is 11.4 Å². The van der Waals surface area contributed by atoms with Crippen molar-refractivity contribution in [2.45, 2.75) is 64.5 Å². The minimum atomic E-state index is -1.44. The van der Waals surface area contributed by atoms with Crippen LogP contribution in [-0.2, 0) is 24.6 Å². The minimum Gasteiger partial charge on any atom is -0.481 e. The molecule has 0 unspecified atom stereocenters. The van der Waals surface area contributed by atoms with Gasteiger partial charge in [-0.25, -0.2) is 4.79 Å². The number of hydrogen-bond acceptors (Lipinski definition) is 4. The first kappa shape index (κ1) is 23.7. The first-order chi connectivity index (χ1) is 14.3. The standard InChI is InChI=1S/C21H29ClN2O6/c1-5-12(2)17(18(27)23-15(19(28)29)10-11-16(25)26)24-20(30)21(3,4)13-6-8-14(22)9-7-13/h6-9,12,15,17H,5,10-11H2,1-4H3,(H,23,27)(H,24,30)(H,25,26)(H,28,29)/t12-,15+,17+/m1/s1/i/hD. The fourth-order valence-electron chi connectivity index (χ4n) is 2.73. The van der Waals surface area contributed by atoms with Crippen molar-refractivity contribution in [1.82, 2.24) is 10.6 Å². The molecule has 9 heteroatoms. The summed E-state index contributed by atoms with van der Waals surface area (Å²) in [6.07, 6.45) is -0.306. The normalized spacial score (nSPS) is 14.8. The summed E-state index contributed by atoms with van der Waals surface area (Å²) in [6.45, 7) is 6.71. The Balaban J connectivity index is 3.14. The van der Waals surface area contributed by atoms with Crippen LogP contribution in [0, 0.1) is 5.92 Å². The van der Waals surface area contributed by atoms with Crippen LogP contribution in [0.25, 0.3) is 0 Å². The summed E-state index contributed by atoms with van der Waals surface area (Å²) >= 11 is 5.91. The molecular formula is C21H29ClN2O6. The molecule has 0 spiro atoms. The molecule has 0 fully saturated rings. The molecule has 0 aromatic heterocycles. The minimum absolute atomic E-state index is 0.314. The zero-order valence-corrected chi connectivity index (χ0v) is 18.3. The summed E-state index contributed by atoms with van der Waals surface area (Å²) in [6, 6.07) is 3.88. The number of halogens is 1. The van der Waals surface area contributed by atoms with Crippen LogP contribution in [-0.4, -0.2) is 46.0 Å². The zero-order chi connectivity index (χ0) is 23.9. The predicted octanol–water partition coefficient (Wildman–Crippen LogP) is 2.58. The van der Waals surface area contributed by atoms with Gasteiger partial charge in [-0.3, -0.25) is 14.4 Å². The van der Waals surface area contributed by atoms with Gasteiger partial charge in [-0.1, -0.05) is 44.0 Å². The van der Waals surface area contributed by atoms with Gasteiger partial charge in [0.15, 0.2) is 1.41 Å². The average molecular weight is 442 g/mol. The molecule has 166 valence electrons. The van der Waals surface area contributed by atoms with E-state index in [1.54, 1.807) is 52.0 Å². The Hall–Kier alpha value is -2.61. The van der Waals surface area contributed by atoms with Crippen molar-refractivity contribution in [3.05, 3.63) is 34.9 Å². The van der Waals surface area contributed by atoms with E-state index in [4.69, 9.17) is 18.1 Å². The van der Waals surface area contributed by atoms with Gasteiger partial charge in [-0.2, -0.15) is 0 Å². The van der Waals surface area contributed by atoms with E-state index in [2.05, 4.69) is 5.32 Å². The lowest BCUT2D eigenvalue weighted by atomic mass is 9.83. The largest absolute Gasteiger partial charge is 0.481 e. The van der Waals surface area contributed by atoms with Crippen LogP contribution < -0.4 is 10.6 Å². The molecule has 0 heterocycles. The molecule has 0 radical (unpaired) electrons. The SMILES string of the molecule is [2H]N(C(=O)C(C)(C)c1ccc(Cl)cc1)[C@H](C(=O)N[C@@H](CCC(=O)O)C(=O)O)[C@H](C)CC. The topological polar surface area (TPSA) is 133 Å². The van der Waals surface area contributed by atoms with E-state index < -0.39 is 53.6 Å². The van der Waals surface area contributed by atoms with Gasteiger partial charge in [-0.15, -0.1) is 0 Å². The number of carboxylic acid groups (broad SMARTS) is 2. The van der Waals surface area contributed by atoms with Gasteiger partial charge in [0.2, 0.25) is 11.8 Å². The number of benzene rings is 1. The van der Waals surface area contributed by atoms with Gasteiger partial charge in [0.05, 0.1) is 5.41 Å². The third-order valence-electron chi connectivity index (χ3n) is 5.07. The number of carbonyl (C=O) groups excluding carboxylic acids is 2. The van der Waals surface area contributed by atoms with E-state index in [0.717, 1.165) is 0 Å². The molecule has 0 aliphatic heterocycles. The summed E-state index contributed by atoms with van der Waals surface area (Å²) in [4.78, 5) is 48.3. The second-order valence-corrected chi connectivity index (χ2v) is 8.16. The summed E-state index contributed by atoms with van der Waals surface area (Å²) in [7, 11) is 0. The third-order valence-corrected chi connectivity index (χ3v) is 5.32.